The van der Waals surface area contributed by atoms with Crippen molar-refractivity contribution >= 4 is 52.7 Å². The van der Waals surface area contributed by atoms with Crippen LogP contribution in [0.25, 0.3) is 0 Å². The van der Waals surface area contributed by atoms with Crippen LogP contribution in [0.5, 0.6) is 0 Å². The predicted octanol–water partition coefficient (Wildman–Crippen LogP) is 4.21. The minimum absolute atomic E-state index is 0. The summed E-state index contributed by atoms with van der Waals surface area (Å²) in [5.41, 5.74) is 3.63. The number of amides is 2. The SMILES string of the molecule is O=C(Cc1ccccc1)NC1C(=O)N2C(C(=O)OC(c3ccccc3)c3ccccc3)=C(C[P+](c3ccccc3)(c3ccccc3)c3ccccc3)CS[C@@H]12.[I-]. The zero-order valence-electron chi connectivity index (χ0n) is 30.5. The van der Waals surface area contributed by atoms with Gasteiger partial charge in [0.1, 0.15) is 40.3 Å². The third kappa shape index (κ3) is 7.97. The molecule has 0 spiro atoms. The summed E-state index contributed by atoms with van der Waals surface area (Å²) in [5, 5.41) is 6.05. The number of hydrogen-bond acceptors (Lipinski definition) is 5. The Morgan fingerprint density at radius 3 is 1.55 bits per heavy atom. The first-order chi connectivity index (χ1) is 27.0. The molecule has 0 saturated carbocycles. The van der Waals surface area contributed by atoms with Gasteiger partial charge < -0.3 is 34.0 Å². The van der Waals surface area contributed by atoms with Crippen LogP contribution >= 0.6 is 19.0 Å². The average Bonchev–Trinajstić information content (AvgIpc) is 3.25. The van der Waals surface area contributed by atoms with Gasteiger partial charge in [0.05, 0.1) is 12.6 Å². The number of rotatable bonds is 12. The van der Waals surface area contributed by atoms with E-state index in [-0.39, 0.29) is 47.9 Å². The molecule has 1 fully saturated rings. The van der Waals surface area contributed by atoms with E-state index < -0.39 is 30.8 Å². The number of ether oxygens (including phenoxy) is 1. The topological polar surface area (TPSA) is 75.7 Å². The molecule has 0 aromatic heterocycles. The molecule has 56 heavy (non-hydrogen) atoms. The molecule has 6 nitrogen and oxygen atoms in total. The van der Waals surface area contributed by atoms with E-state index in [2.05, 4.69) is 78.1 Å². The van der Waals surface area contributed by atoms with Crippen LogP contribution in [0.4, 0.5) is 0 Å². The lowest BCUT2D eigenvalue weighted by molar-refractivity contribution is -0.154. The highest BCUT2D eigenvalue weighted by atomic mass is 127. The number of benzene rings is 6. The number of carbonyl (C=O) groups is 3. The van der Waals surface area contributed by atoms with Crippen LogP contribution in [0.3, 0.4) is 0 Å². The molecular formula is C47H40IN2O4PS. The highest BCUT2D eigenvalue weighted by molar-refractivity contribution is 8.00. The summed E-state index contributed by atoms with van der Waals surface area (Å²) in [5.74, 6) is -0.631. The van der Waals surface area contributed by atoms with Crippen molar-refractivity contribution < 1.29 is 43.1 Å². The highest BCUT2D eigenvalue weighted by Crippen LogP contribution is 2.58. The molecule has 2 aliphatic rings. The average molecular weight is 887 g/mol. The van der Waals surface area contributed by atoms with Gasteiger partial charge in [-0.3, -0.25) is 14.5 Å². The van der Waals surface area contributed by atoms with Crippen molar-refractivity contribution in [1.82, 2.24) is 10.2 Å². The number of nitrogens with zero attached hydrogens (tertiary/aromatic N) is 1. The number of fused-ring (bicyclic) bond motifs is 1. The number of thioether (sulfide) groups is 1. The Bertz CT molecular complexity index is 2160. The second kappa shape index (κ2) is 17.8. The molecule has 280 valence electrons. The smallest absolute Gasteiger partial charge is 0.356 e. The van der Waals surface area contributed by atoms with E-state index in [0.717, 1.165) is 22.3 Å². The van der Waals surface area contributed by atoms with E-state index >= 15 is 4.79 Å². The monoisotopic (exact) mass is 886 g/mol. The van der Waals surface area contributed by atoms with Gasteiger partial charge in [-0.2, -0.15) is 0 Å². The van der Waals surface area contributed by atoms with Crippen LogP contribution in [0.1, 0.15) is 22.8 Å². The molecule has 1 saturated heterocycles. The van der Waals surface area contributed by atoms with Crippen LogP contribution in [0.15, 0.2) is 193 Å². The Morgan fingerprint density at radius 1 is 0.661 bits per heavy atom. The molecule has 2 heterocycles. The summed E-state index contributed by atoms with van der Waals surface area (Å²) < 4.78 is 6.55. The summed E-state index contributed by atoms with van der Waals surface area (Å²) in [6.07, 6.45) is -0.0245. The van der Waals surface area contributed by atoms with Crippen molar-refractivity contribution in [2.24, 2.45) is 0 Å². The number of β-lactam (4-membered cyclic amide) rings is 1. The molecule has 1 unspecified atom stereocenters. The molecule has 6 aromatic rings. The third-order valence-corrected chi connectivity index (χ3v) is 15.9. The van der Waals surface area contributed by atoms with E-state index in [4.69, 9.17) is 4.74 Å². The standard InChI is InChI=1S/C47H39N2O4PS.HI/c50-41(31-34-19-7-1-8-20-34)48-42-45(51)49-43(47(52)53-44(35-21-9-2-10-22-35)36-23-11-3-12-24-36)37(33-55-46(42)49)32-54(38-25-13-4-14-26-38,39-27-15-5-16-28-39)40-29-17-6-18-30-40;/h1-30,42,44,46H,31-33H2;1H/t42?,46-;/m0./s1. The first-order valence-electron chi connectivity index (χ1n) is 18.4. The van der Waals surface area contributed by atoms with Gasteiger partial charge in [-0.05, 0) is 53.1 Å². The zero-order chi connectivity index (χ0) is 37.6. The summed E-state index contributed by atoms with van der Waals surface area (Å²) >= 11 is 1.58. The van der Waals surface area contributed by atoms with Crippen LogP contribution in [0.2, 0.25) is 0 Å². The van der Waals surface area contributed by atoms with Crippen LogP contribution in [-0.2, 0) is 25.5 Å². The van der Waals surface area contributed by atoms with Crippen molar-refractivity contribution in [3.63, 3.8) is 0 Å². The molecule has 2 amide bonds. The summed E-state index contributed by atoms with van der Waals surface area (Å²) in [4.78, 5) is 44.1. The molecule has 8 rings (SSSR count). The molecular weight excluding hydrogens is 846 g/mol. The molecule has 2 aliphatic heterocycles. The molecule has 9 heteroatoms. The van der Waals surface area contributed by atoms with E-state index in [0.29, 0.717) is 11.9 Å². The van der Waals surface area contributed by atoms with Crippen molar-refractivity contribution in [2.45, 2.75) is 23.9 Å². The lowest BCUT2D eigenvalue weighted by Gasteiger charge is -2.50. The summed E-state index contributed by atoms with van der Waals surface area (Å²) in [6.45, 7) is 0. The van der Waals surface area contributed by atoms with Crippen molar-refractivity contribution in [3.05, 3.63) is 210 Å². The number of carbonyl (C=O) groups excluding carboxylic acids is 3. The first-order valence-corrected chi connectivity index (χ1v) is 21.4. The maximum absolute atomic E-state index is 15.0. The Labute approximate surface area is 349 Å². The summed E-state index contributed by atoms with van der Waals surface area (Å²) in [6, 6.07) is 59.6. The highest BCUT2D eigenvalue weighted by Gasteiger charge is 2.56. The van der Waals surface area contributed by atoms with Crippen LogP contribution in [-0.4, -0.2) is 46.0 Å². The second-order valence-electron chi connectivity index (χ2n) is 13.7. The van der Waals surface area contributed by atoms with E-state index in [9.17, 15) is 9.59 Å². The van der Waals surface area contributed by atoms with Gasteiger partial charge in [0.25, 0.3) is 5.91 Å². The van der Waals surface area contributed by atoms with E-state index in [1.54, 1.807) is 16.7 Å². The normalized spacial score (nSPS) is 16.3. The Balaban J connectivity index is 0.00000480. The largest absolute Gasteiger partial charge is 1.00 e. The third-order valence-electron chi connectivity index (χ3n) is 10.2. The fraction of sp³-hybridized carbons (Fsp3) is 0.128. The lowest BCUT2D eigenvalue weighted by Crippen LogP contribution is -3.00. The van der Waals surface area contributed by atoms with Crippen molar-refractivity contribution in [3.8, 4) is 0 Å². The minimum Gasteiger partial charge on any atom is -1.00 e. The quantitative estimate of drug-likeness (QED) is 0.0864. The number of nitrogens with one attached hydrogen (secondary N) is 1. The van der Waals surface area contributed by atoms with Crippen molar-refractivity contribution in [2.75, 3.05) is 11.9 Å². The first kappa shape index (κ1) is 39.2. The number of hydrogen-bond donors (Lipinski definition) is 1. The second-order valence-corrected chi connectivity index (χ2v) is 18.2. The van der Waals surface area contributed by atoms with Crippen LogP contribution < -0.4 is 45.2 Å². The van der Waals surface area contributed by atoms with Gasteiger partial charge in [-0.1, -0.05) is 146 Å². The maximum atomic E-state index is 15.0. The Kier molecular flexibility index (Phi) is 12.5. The van der Waals surface area contributed by atoms with Gasteiger partial charge in [-0.25, -0.2) is 4.79 Å². The molecule has 0 aliphatic carbocycles. The van der Waals surface area contributed by atoms with Gasteiger partial charge in [0, 0.05) is 11.3 Å². The number of esters is 1. The predicted molar refractivity (Wildman–Crippen MR) is 223 cm³/mol. The van der Waals surface area contributed by atoms with Crippen LogP contribution in [0, 0.1) is 0 Å². The zero-order valence-corrected chi connectivity index (χ0v) is 34.4. The Hall–Kier alpha value is -5.02. The fourth-order valence-corrected chi connectivity index (χ4v) is 13.4. The van der Waals surface area contributed by atoms with E-state index in [1.165, 1.54) is 15.9 Å². The van der Waals surface area contributed by atoms with Gasteiger partial charge in [0.2, 0.25) is 5.91 Å². The summed E-state index contributed by atoms with van der Waals surface area (Å²) in [7, 11) is -2.45. The molecule has 1 N–H and O–H groups in total. The van der Waals surface area contributed by atoms with Gasteiger partial charge in [-0.15, -0.1) is 11.8 Å². The maximum Gasteiger partial charge on any atom is 0.356 e. The molecule has 0 bridgehead atoms. The lowest BCUT2D eigenvalue weighted by atomic mass is 10.0. The van der Waals surface area contributed by atoms with Gasteiger partial charge >= 0.3 is 5.97 Å². The minimum atomic E-state index is -2.45. The molecule has 2 atom stereocenters. The number of halogens is 1. The van der Waals surface area contributed by atoms with E-state index in [1.807, 2.05) is 109 Å². The van der Waals surface area contributed by atoms with Gasteiger partial charge in [0.15, 0.2) is 6.10 Å². The molecule has 6 aromatic carbocycles. The molecule has 0 radical (unpaired) electrons. The Morgan fingerprint density at radius 2 is 1.09 bits per heavy atom. The van der Waals surface area contributed by atoms with Crippen molar-refractivity contribution in [1.29, 1.82) is 0 Å². The fourth-order valence-electron chi connectivity index (χ4n) is 7.60.